The van der Waals surface area contributed by atoms with Gasteiger partial charge < -0.3 is 20.1 Å². The SMILES string of the molecule is COc1cccc(-c2ncc(CNC(=O)[C@H]3CC[C@H]4OCCN[C@@H]4C3)s2)c1. The zero-order valence-electron chi connectivity index (χ0n) is 15.4. The average molecular weight is 388 g/mol. The van der Waals surface area contributed by atoms with Gasteiger partial charge in [-0.3, -0.25) is 4.79 Å². The first-order chi connectivity index (χ1) is 13.2. The van der Waals surface area contributed by atoms with E-state index >= 15 is 0 Å². The van der Waals surface area contributed by atoms with Crippen molar-refractivity contribution in [1.82, 2.24) is 15.6 Å². The molecule has 0 unspecified atom stereocenters. The van der Waals surface area contributed by atoms with Crippen molar-refractivity contribution in [2.75, 3.05) is 20.3 Å². The number of methoxy groups -OCH3 is 1. The number of nitrogens with zero attached hydrogens (tertiary/aromatic N) is 1. The number of hydrogen-bond donors (Lipinski definition) is 2. The number of carbonyl (C=O) groups excluding carboxylic acids is 1. The number of morpholine rings is 1. The van der Waals surface area contributed by atoms with Crippen LogP contribution in [0, 0.1) is 5.92 Å². The highest BCUT2D eigenvalue weighted by Crippen LogP contribution is 2.30. The molecule has 2 aromatic rings. The minimum Gasteiger partial charge on any atom is -0.497 e. The second-order valence-electron chi connectivity index (χ2n) is 7.06. The lowest BCUT2D eigenvalue weighted by atomic mass is 9.82. The smallest absolute Gasteiger partial charge is 0.223 e. The monoisotopic (exact) mass is 387 g/mol. The lowest BCUT2D eigenvalue weighted by Gasteiger charge is -2.39. The number of carbonyl (C=O) groups is 1. The van der Waals surface area contributed by atoms with Crippen molar-refractivity contribution >= 4 is 17.2 Å². The van der Waals surface area contributed by atoms with Gasteiger partial charge in [0.2, 0.25) is 5.91 Å². The van der Waals surface area contributed by atoms with E-state index in [9.17, 15) is 4.79 Å². The summed E-state index contributed by atoms with van der Waals surface area (Å²) in [6.07, 6.45) is 4.82. The van der Waals surface area contributed by atoms with Gasteiger partial charge in [0.1, 0.15) is 10.8 Å². The molecule has 0 radical (unpaired) electrons. The molecule has 3 atom stereocenters. The van der Waals surface area contributed by atoms with Crippen LogP contribution in [0.25, 0.3) is 10.6 Å². The van der Waals surface area contributed by atoms with Crippen molar-refractivity contribution < 1.29 is 14.3 Å². The highest BCUT2D eigenvalue weighted by Gasteiger charge is 2.35. The molecule has 4 rings (SSSR count). The van der Waals surface area contributed by atoms with E-state index in [1.54, 1.807) is 18.4 Å². The number of amides is 1. The number of fused-ring (bicyclic) bond motifs is 1. The first-order valence-electron chi connectivity index (χ1n) is 9.45. The van der Waals surface area contributed by atoms with Crippen molar-refractivity contribution in [2.45, 2.75) is 38.0 Å². The van der Waals surface area contributed by atoms with Crippen LogP contribution in [-0.4, -0.2) is 43.3 Å². The van der Waals surface area contributed by atoms with Crippen molar-refractivity contribution in [3.8, 4) is 16.3 Å². The summed E-state index contributed by atoms with van der Waals surface area (Å²) >= 11 is 1.60. The minimum absolute atomic E-state index is 0.0613. The molecule has 2 N–H and O–H groups in total. The van der Waals surface area contributed by atoms with Crippen LogP contribution < -0.4 is 15.4 Å². The molecule has 1 saturated heterocycles. The summed E-state index contributed by atoms with van der Waals surface area (Å²) in [5, 5.41) is 7.51. The van der Waals surface area contributed by atoms with Crippen LogP contribution in [-0.2, 0) is 16.1 Å². The lowest BCUT2D eigenvalue weighted by molar-refractivity contribution is -0.128. The number of benzene rings is 1. The zero-order valence-corrected chi connectivity index (χ0v) is 16.3. The maximum atomic E-state index is 12.6. The summed E-state index contributed by atoms with van der Waals surface area (Å²) in [5.41, 5.74) is 1.03. The third-order valence-electron chi connectivity index (χ3n) is 5.31. The highest BCUT2D eigenvalue weighted by molar-refractivity contribution is 7.15. The molecule has 1 aromatic heterocycles. The second kappa shape index (κ2) is 8.37. The molecule has 0 spiro atoms. The van der Waals surface area contributed by atoms with Gasteiger partial charge in [0.25, 0.3) is 0 Å². The predicted molar refractivity (Wildman–Crippen MR) is 105 cm³/mol. The van der Waals surface area contributed by atoms with Gasteiger partial charge in [-0.1, -0.05) is 12.1 Å². The molecule has 1 amide bonds. The third kappa shape index (κ3) is 4.31. The van der Waals surface area contributed by atoms with Gasteiger partial charge in [-0.25, -0.2) is 4.98 Å². The van der Waals surface area contributed by atoms with Gasteiger partial charge in [-0.15, -0.1) is 11.3 Å². The molecule has 144 valence electrons. The topological polar surface area (TPSA) is 72.5 Å². The molecule has 1 aromatic carbocycles. The van der Waals surface area contributed by atoms with Gasteiger partial charge in [-0.05, 0) is 31.4 Å². The van der Waals surface area contributed by atoms with E-state index in [4.69, 9.17) is 9.47 Å². The Balaban J connectivity index is 1.32. The van der Waals surface area contributed by atoms with Crippen molar-refractivity contribution in [2.24, 2.45) is 5.92 Å². The fourth-order valence-electron chi connectivity index (χ4n) is 3.85. The molecular weight excluding hydrogens is 362 g/mol. The van der Waals surface area contributed by atoms with Crippen LogP contribution in [0.4, 0.5) is 0 Å². The Morgan fingerprint density at radius 3 is 3.26 bits per heavy atom. The van der Waals surface area contributed by atoms with Crippen molar-refractivity contribution in [3.05, 3.63) is 35.3 Å². The lowest BCUT2D eigenvalue weighted by Crippen LogP contribution is -2.53. The number of aromatic nitrogens is 1. The predicted octanol–water partition coefficient (Wildman–Crippen LogP) is 2.59. The molecule has 0 bridgehead atoms. The Bertz CT molecular complexity index is 794. The van der Waals surface area contributed by atoms with Crippen LogP contribution in [0.2, 0.25) is 0 Å². The molecule has 2 aliphatic rings. The van der Waals surface area contributed by atoms with Gasteiger partial charge >= 0.3 is 0 Å². The molecule has 6 nitrogen and oxygen atoms in total. The largest absolute Gasteiger partial charge is 0.497 e. The summed E-state index contributed by atoms with van der Waals surface area (Å²) in [6, 6.07) is 8.17. The summed E-state index contributed by atoms with van der Waals surface area (Å²) in [4.78, 5) is 18.1. The van der Waals surface area contributed by atoms with Crippen LogP contribution in [0.3, 0.4) is 0 Å². The summed E-state index contributed by atoms with van der Waals surface area (Å²) in [5.74, 6) is 1.01. The number of hydrogen-bond acceptors (Lipinski definition) is 6. The first-order valence-corrected chi connectivity index (χ1v) is 10.3. The maximum Gasteiger partial charge on any atom is 0.223 e. The first kappa shape index (κ1) is 18.4. The van der Waals surface area contributed by atoms with E-state index in [1.165, 1.54) is 0 Å². The summed E-state index contributed by atoms with van der Waals surface area (Å²) in [6.45, 7) is 2.18. The van der Waals surface area contributed by atoms with Gasteiger partial charge in [0.05, 0.1) is 26.4 Å². The van der Waals surface area contributed by atoms with Gasteiger partial charge in [0.15, 0.2) is 0 Å². The van der Waals surface area contributed by atoms with E-state index in [1.807, 2.05) is 30.5 Å². The minimum atomic E-state index is 0.0613. The summed E-state index contributed by atoms with van der Waals surface area (Å²) in [7, 11) is 1.66. The number of ether oxygens (including phenoxy) is 2. The number of thiazole rings is 1. The Labute approximate surface area is 163 Å². The average Bonchev–Trinajstić information content (AvgIpc) is 3.21. The normalized spacial score (nSPS) is 24.9. The fraction of sp³-hybridized carbons (Fsp3) is 0.500. The fourth-order valence-corrected chi connectivity index (χ4v) is 4.70. The molecule has 1 aliphatic carbocycles. The molecule has 27 heavy (non-hydrogen) atoms. The summed E-state index contributed by atoms with van der Waals surface area (Å²) < 4.78 is 11.1. The van der Waals surface area contributed by atoms with E-state index in [0.717, 1.165) is 53.6 Å². The van der Waals surface area contributed by atoms with Crippen molar-refractivity contribution in [1.29, 1.82) is 0 Å². The third-order valence-corrected chi connectivity index (χ3v) is 6.35. The molecule has 7 heteroatoms. The Morgan fingerprint density at radius 1 is 1.44 bits per heavy atom. The number of nitrogens with one attached hydrogen (secondary N) is 2. The quantitative estimate of drug-likeness (QED) is 0.825. The maximum absolute atomic E-state index is 12.6. The Kier molecular flexibility index (Phi) is 5.71. The molecule has 1 aliphatic heterocycles. The van der Waals surface area contributed by atoms with E-state index in [2.05, 4.69) is 15.6 Å². The van der Waals surface area contributed by atoms with E-state index in [-0.39, 0.29) is 17.9 Å². The second-order valence-corrected chi connectivity index (χ2v) is 8.18. The standard InChI is InChI=1S/C20H25N3O3S/c1-25-15-4-2-3-14(9-15)20-23-12-16(27-20)11-22-19(24)13-5-6-18-17(10-13)21-7-8-26-18/h2-4,9,12-13,17-18,21H,5-8,10-11H2,1H3,(H,22,24)/t13-,17+,18+/m0/s1. The van der Waals surface area contributed by atoms with Crippen LogP contribution >= 0.6 is 11.3 Å². The van der Waals surface area contributed by atoms with Crippen LogP contribution in [0.5, 0.6) is 5.75 Å². The van der Waals surface area contributed by atoms with Gasteiger partial charge in [-0.2, -0.15) is 0 Å². The van der Waals surface area contributed by atoms with Crippen LogP contribution in [0.1, 0.15) is 24.1 Å². The highest BCUT2D eigenvalue weighted by atomic mass is 32.1. The molecule has 1 saturated carbocycles. The Morgan fingerprint density at radius 2 is 2.37 bits per heavy atom. The van der Waals surface area contributed by atoms with Crippen molar-refractivity contribution in [3.63, 3.8) is 0 Å². The zero-order chi connectivity index (χ0) is 18.6. The molecule has 2 fully saturated rings. The Hall–Kier alpha value is -1.96. The molecular formula is C20H25N3O3S. The van der Waals surface area contributed by atoms with Crippen LogP contribution in [0.15, 0.2) is 30.5 Å². The van der Waals surface area contributed by atoms with E-state index in [0.29, 0.717) is 12.6 Å². The van der Waals surface area contributed by atoms with E-state index < -0.39 is 0 Å². The number of rotatable bonds is 5. The van der Waals surface area contributed by atoms with Gasteiger partial charge in [0, 0.05) is 35.1 Å². The molecule has 2 heterocycles.